The van der Waals surface area contributed by atoms with Crippen molar-refractivity contribution in [1.82, 2.24) is 9.80 Å². The topological polar surface area (TPSA) is 57.7 Å². The number of fused-ring (bicyclic) bond motifs is 1. The largest absolute Gasteiger partial charge is 0.330 e. The molecule has 1 saturated heterocycles. The number of β-lactam (4-membered cyclic amide) rings is 1. The molecule has 0 bridgehead atoms. The number of carbonyl (C=O) groups excluding carboxylic acids is 3. The molecule has 3 amide bonds. The van der Waals surface area contributed by atoms with Crippen molar-refractivity contribution < 1.29 is 14.4 Å². The second kappa shape index (κ2) is 7.51. The van der Waals surface area contributed by atoms with Crippen LogP contribution in [0.3, 0.4) is 0 Å². The molecule has 0 N–H and O–H groups in total. The number of hydrogen-bond donors (Lipinski definition) is 0. The molecule has 0 aliphatic carbocycles. The standard InChI is InChI=1S/C26H22N2O3/c1-17(28-24(29)20-14-8-9-15-21(20)25(28)30)22-23(19-12-6-3-7-13-19)27(26(22)31)16-18-10-4-2-5-11-18/h2-15,17,22-23H,16H2,1H3/t17-,22-,23-/m0/s1. The highest BCUT2D eigenvalue weighted by atomic mass is 16.2. The van der Waals surface area contributed by atoms with Gasteiger partial charge in [0.15, 0.2) is 0 Å². The molecule has 3 atom stereocenters. The molecule has 5 heteroatoms. The van der Waals surface area contributed by atoms with Crippen LogP contribution in [0.25, 0.3) is 0 Å². The van der Waals surface area contributed by atoms with Crippen molar-refractivity contribution in [3.05, 3.63) is 107 Å². The van der Waals surface area contributed by atoms with Gasteiger partial charge in [-0.2, -0.15) is 0 Å². The first kappa shape index (κ1) is 19.2. The zero-order valence-electron chi connectivity index (χ0n) is 17.1. The number of carbonyl (C=O) groups is 3. The van der Waals surface area contributed by atoms with Gasteiger partial charge in [0.25, 0.3) is 11.8 Å². The molecular weight excluding hydrogens is 388 g/mol. The molecule has 154 valence electrons. The maximum absolute atomic E-state index is 13.3. The fraction of sp³-hybridized carbons (Fsp3) is 0.192. The van der Waals surface area contributed by atoms with Crippen molar-refractivity contribution in [2.75, 3.05) is 0 Å². The summed E-state index contributed by atoms with van der Waals surface area (Å²) in [7, 11) is 0. The Labute approximate surface area is 180 Å². The molecule has 2 aliphatic heterocycles. The van der Waals surface area contributed by atoms with Crippen LogP contribution in [0.5, 0.6) is 0 Å². The van der Waals surface area contributed by atoms with E-state index in [2.05, 4.69) is 0 Å². The van der Waals surface area contributed by atoms with E-state index in [1.54, 1.807) is 31.2 Å². The zero-order chi connectivity index (χ0) is 21.5. The maximum atomic E-state index is 13.3. The Morgan fingerprint density at radius 3 is 1.84 bits per heavy atom. The number of amides is 3. The highest BCUT2D eigenvalue weighted by molar-refractivity contribution is 6.21. The van der Waals surface area contributed by atoms with Gasteiger partial charge in [-0.3, -0.25) is 19.3 Å². The number of benzene rings is 3. The molecule has 0 aromatic heterocycles. The second-order valence-corrected chi connectivity index (χ2v) is 8.10. The minimum absolute atomic E-state index is 0.0400. The lowest BCUT2D eigenvalue weighted by molar-refractivity contribution is -0.161. The summed E-state index contributed by atoms with van der Waals surface area (Å²) in [6, 6.07) is 25.8. The van der Waals surface area contributed by atoms with Gasteiger partial charge in [0.2, 0.25) is 5.91 Å². The predicted molar refractivity (Wildman–Crippen MR) is 116 cm³/mol. The Morgan fingerprint density at radius 1 is 0.742 bits per heavy atom. The number of hydrogen-bond acceptors (Lipinski definition) is 3. The molecule has 5 nitrogen and oxygen atoms in total. The van der Waals surface area contributed by atoms with E-state index in [1.165, 1.54) is 4.90 Å². The first-order chi connectivity index (χ1) is 15.1. The average Bonchev–Trinajstić information content (AvgIpc) is 3.07. The minimum atomic E-state index is -0.544. The van der Waals surface area contributed by atoms with Gasteiger partial charge in [-0.15, -0.1) is 0 Å². The number of nitrogens with zero attached hydrogens (tertiary/aromatic N) is 2. The van der Waals surface area contributed by atoms with Crippen molar-refractivity contribution in [1.29, 1.82) is 0 Å². The Morgan fingerprint density at radius 2 is 1.26 bits per heavy atom. The lowest BCUT2D eigenvalue weighted by Gasteiger charge is -2.51. The van der Waals surface area contributed by atoms with E-state index in [0.29, 0.717) is 17.7 Å². The van der Waals surface area contributed by atoms with E-state index in [-0.39, 0.29) is 23.8 Å². The molecule has 0 radical (unpaired) electrons. The van der Waals surface area contributed by atoms with Gasteiger partial charge >= 0.3 is 0 Å². The molecule has 1 fully saturated rings. The minimum Gasteiger partial charge on any atom is -0.330 e. The SMILES string of the molecule is C[C@@H]([C@@H]1C(=O)N(Cc2ccccc2)[C@H]1c1ccccc1)N1C(=O)c2ccccc2C1=O. The zero-order valence-corrected chi connectivity index (χ0v) is 17.1. The van der Waals surface area contributed by atoms with Gasteiger partial charge in [0.1, 0.15) is 0 Å². The first-order valence-electron chi connectivity index (χ1n) is 10.4. The van der Waals surface area contributed by atoms with Crippen molar-refractivity contribution in [3.8, 4) is 0 Å². The summed E-state index contributed by atoms with van der Waals surface area (Å²) < 4.78 is 0. The highest BCUT2D eigenvalue weighted by Crippen LogP contribution is 2.45. The Hall–Kier alpha value is -3.73. The molecule has 0 unspecified atom stereocenters. The third kappa shape index (κ3) is 3.05. The van der Waals surface area contributed by atoms with E-state index < -0.39 is 12.0 Å². The summed E-state index contributed by atoms with van der Waals surface area (Å²) >= 11 is 0. The quantitative estimate of drug-likeness (QED) is 0.471. The van der Waals surface area contributed by atoms with E-state index in [1.807, 2.05) is 65.6 Å². The molecule has 3 aromatic carbocycles. The normalized spacial score (nSPS) is 21.1. The summed E-state index contributed by atoms with van der Waals surface area (Å²) in [5, 5.41) is 0. The average molecular weight is 410 g/mol. The van der Waals surface area contributed by atoms with E-state index in [4.69, 9.17) is 0 Å². The first-order valence-corrected chi connectivity index (χ1v) is 10.4. The van der Waals surface area contributed by atoms with E-state index >= 15 is 0 Å². The fourth-order valence-electron chi connectivity index (χ4n) is 4.78. The molecular formula is C26H22N2O3. The Kier molecular flexibility index (Phi) is 4.66. The Balaban J connectivity index is 1.47. The van der Waals surface area contributed by atoms with Crippen molar-refractivity contribution in [2.45, 2.75) is 25.6 Å². The maximum Gasteiger partial charge on any atom is 0.261 e. The van der Waals surface area contributed by atoms with Gasteiger partial charge in [-0.25, -0.2) is 0 Å². The van der Waals surface area contributed by atoms with Gasteiger partial charge < -0.3 is 4.90 Å². The van der Waals surface area contributed by atoms with Crippen LogP contribution in [0.1, 0.15) is 44.8 Å². The molecule has 0 spiro atoms. The van der Waals surface area contributed by atoms with Gasteiger partial charge in [0, 0.05) is 6.54 Å². The molecule has 0 saturated carbocycles. The van der Waals surface area contributed by atoms with Crippen LogP contribution >= 0.6 is 0 Å². The molecule has 31 heavy (non-hydrogen) atoms. The van der Waals surface area contributed by atoms with Crippen LogP contribution in [0.15, 0.2) is 84.9 Å². The second-order valence-electron chi connectivity index (χ2n) is 8.10. The predicted octanol–water partition coefficient (Wildman–Crippen LogP) is 4.07. The smallest absolute Gasteiger partial charge is 0.261 e. The van der Waals surface area contributed by atoms with Crippen molar-refractivity contribution in [2.24, 2.45) is 5.92 Å². The molecule has 2 heterocycles. The van der Waals surface area contributed by atoms with Gasteiger partial charge in [-0.1, -0.05) is 72.8 Å². The summed E-state index contributed by atoms with van der Waals surface area (Å²) in [5.41, 5.74) is 2.86. The summed E-state index contributed by atoms with van der Waals surface area (Å²) in [6.07, 6.45) is 0. The van der Waals surface area contributed by atoms with Crippen LogP contribution in [0.2, 0.25) is 0 Å². The van der Waals surface area contributed by atoms with Crippen LogP contribution in [-0.2, 0) is 11.3 Å². The lowest BCUT2D eigenvalue weighted by atomic mass is 9.77. The number of likely N-dealkylation sites (tertiary alicyclic amines) is 1. The monoisotopic (exact) mass is 410 g/mol. The van der Waals surface area contributed by atoms with Gasteiger partial charge in [-0.05, 0) is 30.2 Å². The lowest BCUT2D eigenvalue weighted by Crippen LogP contribution is -2.61. The molecule has 3 aromatic rings. The van der Waals surface area contributed by atoms with Crippen LogP contribution in [0, 0.1) is 5.92 Å². The number of imide groups is 1. The molecule has 2 aliphatic rings. The van der Waals surface area contributed by atoms with Crippen LogP contribution < -0.4 is 0 Å². The number of rotatable bonds is 5. The Bertz CT molecular complexity index is 1120. The summed E-state index contributed by atoms with van der Waals surface area (Å²) in [4.78, 5) is 42.4. The summed E-state index contributed by atoms with van der Waals surface area (Å²) in [5.74, 6) is -1.17. The highest BCUT2D eigenvalue weighted by Gasteiger charge is 2.54. The third-order valence-electron chi connectivity index (χ3n) is 6.33. The third-order valence-corrected chi connectivity index (χ3v) is 6.33. The van der Waals surface area contributed by atoms with E-state index in [9.17, 15) is 14.4 Å². The van der Waals surface area contributed by atoms with Crippen LogP contribution in [-0.4, -0.2) is 33.6 Å². The fourth-order valence-corrected chi connectivity index (χ4v) is 4.78. The van der Waals surface area contributed by atoms with Gasteiger partial charge in [0.05, 0.1) is 29.1 Å². The summed E-state index contributed by atoms with van der Waals surface area (Å²) in [6.45, 7) is 2.30. The van der Waals surface area contributed by atoms with Crippen molar-refractivity contribution >= 4 is 17.7 Å². The van der Waals surface area contributed by atoms with Crippen molar-refractivity contribution in [3.63, 3.8) is 0 Å². The molecule has 5 rings (SSSR count). The van der Waals surface area contributed by atoms with Crippen LogP contribution in [0.4, 0.5) is 0 Å². The van der Waals surface area contributed by atoms with E-state index in [0.717, 1.165) is 11.1 Å².